The summed E-state index contributed by atoms with van der Waals surface area (Å²) in [5.41, 5.74) is 4.90. The van der Waals surface area contributed by atoms with Gasteiger partial charge in [0.05, 0.1) is 30.1 Å². The average Bonchev–Trinajstić information content (AvgIpc) is 2.91. The number of amides is 1. The largest absolute Gasteiger partial charge is 0.394 e. The molecule has 0 bridgehead atoms. The maximum absolute atomic E-state index is 14.4. The van der Waals surface area contributed by atoms with Gasteiger partial charge >= 0.3 is 0 Å². The van der Waals surface area contributed by atoms with E-state index in [0.717, 1.165) is 14.7 Å². The van der Waals surface area contributed by atoms with Gasteiger partial charge in [0.15, 0.2) is 0 Å². The van der Waals surface area contributed by atoms with Crippen molar-refractivity contribution in [1.82, 2.24) is 15.0 Å². The normalized spacial score (nSPS) is 11.0. The smallest absolute Gasteiger partial charge is 0.293 e. The fourth-order valence-electron chi connectivity index (χ4n) is 2.92. The number of benzene rings is 1. The van der Waals surface area contributed by atoms with Gasteiger partial charge in [0.25, 0.3) is 5.91 Å². The number of hydrogen-bond donors (Lipinski definition) is 3. The van der Waals surface area contributed by atoms with Crippen LogP contribution in [0.15, 0.2) is 30.6 Å². The third-order valence-corrected chi connectivity index (χ3v) is 4.71. The Hall–Kier alpha value is -2.24. The molecule has 0 aliphatic heterocycles. The van der Waals surface area contributed by atoms with Gasteiger partial charge in [0.1, 0.15) is 11.5 Å². The highest BCUT2D eigenvalue weighted by molar-refractivity contribution is 14.1. The molecular formula is C18H18FIN4O3. The Bertz CT molecular complexity index is 1010. The van der Waals surface area contributed by atoms with Crippen LogP contribution in [-0.2, 0) is 11.9 Å². The number of nitrogens with zero attached hydrogens (tertiary/aromatic N) is 2. The second-order valence-electron chi connectivity index (χ2n) is 5.89. The van der Waals surface area contributed by atoms with E-state index in [9.17, 15) is 9.18 Å². The Kier molecular flexibility index (Phi) is 5.92. The summed E-state index contributed by atoms with van der Waals surface area (Å²) in [6, 6.07) is 4.79. The molecule has 27 heavy (non-hydrogen) atoms. The first-order chi connectivity index (χ1) is 12.9. The highest BCUT2D eigenvalue weighted by Gasteiger charge is 2.23. The van der Waals surface area contributed by atoms with Crippen LogP contribution in [-0.4, -0.2) is 33.8 Å². The Balaban J connectivity index is 2.12. The van der Waals surface area contributed by atoms with E-state index in [-0.39, 0.29) is 24.6 Å². The third-order valence-electron chi connectivity index (χ3n) is 4.04. The number of nitrogens with one attached hydrogen (secondary N) is 2. The Labute approximate surface area is 168 Å². The number of anilines is 2. The van der Waals surface area contributed by atoms with Crippen LogP contribution in [0.1, 0.15) is 16.1 Å². The fourth-order valence-corrected chi connectivity index (χ4v) is 3.38. The number of rotatable bonds is 6. The summed E-state index contributed by atoms with van der Waals surface area (Å²) in [7, 11) is 1.74. The molecule has 7 nitrogen and oxygen atoms in total. The lowest BCUT2D eigenvalue weighted by Crippen LogP contribution is -2.27. The number of aliphatic hydroxyl groups is 1. The first-order valence-electron chi connectivity index (χ1n) is 8.12. The number of hydroxylamine groups is 1. The lowest BCUT2D eigenvalue weighted by molar-refractivity contribution is 0.0163. The summed E-state index contributed by atoms with van der Waals surface area (Å²) < 4.78 is 16.8. The van der Waals surface area contributed by atoms with E-state index < -0.39 is 11.7 Å². The van der Waals surface area contributed by atoms with Gasteiger partial charge in [-0.25, -0.2) is 9.87 Å². The summed E-state index contributed by atoms with van der Waals surface area (Å²) in [4.78, 5) is 21.8. The van der Waals surface area contributed by atoms with Gasteiger partial charge < -0.3 is 15.0 Å². The molecule has 1 amide bonds. The number of carbonyl (C=O) groups is 1. The lowest BCUT2D eigenvalue weighted by atomic mass is 10.2. The molecule has 0 spiro atoms. The molecule has 3 N–H and O–H groups in total. The van der Waals surface area contributed by atoms with E-state index in [0.29, 0.717) is 11.1 Å². The van der Waals surface area contributed by atoms with Crippen LogP contribution < -0.4 is 10.8 Å². The van der Waals surface area contributed by atoms with Crippen molar-refractivity contribution in [3.63, 3.8) is 0 Å². The Morgan fingerprint density at radius 2 is 2.19 bits per heavy atom. The zero-order valence-corrected chi connectivity index (χ0v) is 16.9. The van der Waals surface area contributed by atoms with E-state index >= 15 is 0 Å². The van der Waals surface area contributed by atoms with Gasteiger partial charge in [-0.15, -0.1) is 0 Å². The van der Waals surface area contributed by atoms with Crippen LogP contribution in [0.3, 0.4) is 0 Å². The number of aryl methyl sites for hydroxylation is 2. The number of aliphatic hydroxyl groups excluding tert-OH is 1. The minimum Gasteiger partial charge on any atom is -0.394 e. The highest BCUT2D eigenvalue weighted by Crippen LogP contribution is 2.34. The molecule has 0 aliphatic rings. The first-order valence-corrected chi connectivity index (χ1v) is 9.20. The van der Waals surface area contributed by atoms with Gasteiger partial charge in [0.2, 0.25) is 0 Å². The van der Waals surface area contributed by atoms with E-state index in [1.807, 2.05) is 29.5 Å². The SMILES string of the molecule is Cc1cncc2c(Nc3ccc(I)cc3F)c(C(=O)NOCCO)n(C)c12. The van der Waals surface area contributed by atoms with E-state index in [1.165, 1.54) is 6.07 Å². The van der Waals surface area contributed by atoms with Crippen molar-refractivity contribution in [3.8, 4) is 0 Å². The number of hydrogen-bond acceptors (Lipinski definition) is 5. The lowest BCUT2D eigenvalue weighted by Gasteiger charge is -2.11. The molecule has 0 saturated heterocycles. The topological polar surface area (TPSA) is 88.4 Å². The monoisotopic (exact) mass is 484 g/mol. The van der Waals surface area contributed by atoms with Crippen molar-refractivity contribution in [3.05, 3.63) is 51.2 Å². The molecular weight excluding hydrogens is 466 g/mol. The highest BCUT2D eigenvalue weighted by atomic mass is 127. The van der Waals surface area contributed by atoms with E-state index in [1.54, 1.807) is 36.1 Å². The molecule has 3 rings (SSSR count). The molecule has 1 aromatic carbocycles. The van der Waals surface area contributed by atoms with Gasteiger partial charge in [0, 0.05) is 28.4 Å². The molecule has 0 unspecified atom stereocenters. The molecule has 0 fully saturated rings. The molecule has 0 saturated carbocycles. The Morgan fingerprint density at radius 1 is 1.41 bits per heavy atom. The molecule has 0 atom stereocenters. The van der Waals surface area contributed by atoms with E-state index in [4.69, 9.17) is 9.94 Å². The summed E-state index contributed by atoms with van der Waals surface area (Å²) >= 11 is 2.03. The average molecular weight is 484 g/mol. The predicted molar refractivity (Wildman–Crippen MR) is 108 cm³/mol. The molecule has 2 heterocycles. The van der Waals surface area contributed by atoms with Crippen LogP contribution in [0.2, 0.25) is 0 Å². The summed E-state index contributed by atoms with van der Waals surface area (Å²) in [6.07, 6.45) is 3.32. The summed E-state index contributed by atoms with van der Waals surface area (Å²) in [5.74, 6) is -0.947. The zero-order chi connectivity index (χ0) is 19.6. The maximum Gasteiger partial charge on any atom is 0.293 e. The third kappa shape index (κ3) is 3.89. The molecule has 0 aliphatic carbocycles. The van der Waals surface area contributed by atoms with Crippen LogP contribution >= 0.6 is 22.6 Å². The number of halogens is 2. The second kappa shape index (κ2) is 8.19. The predicted octanol–water partition coefficient (Wildman–Crippen LogP) is 3.02. The number of fused-ring (bicyclic) bond motifs is 1. The maximum atomic E-state index is 14.4. The van der Waals surface area contributed by atoms with Crippen LogP contribution in [0.5, 0.6) is 0 Å². The molecule has 142 valence electrons. The van der Waals surface area contributed by atoms with Crippen molar-refractivity contribution in [1.29, 1.82) is 0 Å². The van der Waals surface area contributed by atoms with Gasteiger partial charge in [-0.05, 0) is 53.3 Å². The van der Waals surface area contributed by atoms with Crippen molar-refractivity contribution < 1.29 is 19.1 Å². The second-order valence-corrected chi connectivity index (χ2v) is 7.13. The minimum atomic E-state index is -0.519. The van der Waals surface area contributed by atoms with Crippen LogP contribution in [0.4, 0.5) is 15.8 Å². The summed E-state index contributed by atoms with van der Waals surface area (Å²) in [5, 5.41) is 12.5. The van der Waals surface area contributed by atoms with Crippen LogP contribution in [0, 0.1) is 16.3 Å². The summed E-state index contributed by atoms with van der Waals surface area (Å²) in [6.45, 7) is 1.62. The number of pyridine rings is 1. The van der Waals surface area contributed by atoms with Gasteiger partial charge in [-0.1, -0.05) is 0 Å². The van der Waals surface area contributed by atoms with Crippen LogP contribution in [0.25, 0.3) is 10.9 Å². The minimum absolute atomic E-state index is 0.0369. The van der Waals surface area contributed by atoms with Gasteiger partial charge in [-0.2, -0.15) is 0 Å². The zero-order valence-electron chi connectivity index (χ0n) is 14.7. The van der Waals surface area contributed by atoms with Crippen molar-refractivity contribution in [2.24, 2.45) is 7.05 Å². The standard InChI is InChI=1S/C18H18FIN4O3/c1-10-8-21-9-12-15(22-14-4-3-11(20)7-13(14)19)17(24(2)16(10)12)18(26)23-27-6-5-25/h3-4,7-9,22,25H,5-6H2,1-2H3,(H,23,26). The molecule has 2 aromatic heterocycles. The number of aromatic nitrogens is 2. The Morgan fingerprint density at radius 3 is 2.89 bits per heavy atom. The quantitative estimate of drug-likeness (QED) is 0.285. The molecule has 3 aromatic rings. The first kappa shape index (κ1) is 19.5. The van der Waals surface area contributed by atoms with E-state index in [2.05, 4.69) is 15.8 Å². The molecule has 9 heteroatoms. The molecule has 0 radical (unpaired) electrons. The van der Waals surface area contributed by atoms with Gasteiger partial charge in [-0.3, -0.25) is 14.6 Å². The van der Waals surface area contributed by atoms with Crippen molar-refractivity contribution >= 4 is 50.8 Å². The van der Waals surface area contributed by atoms with Crippen molar-refractivity contribution in [2.75, 3.05) is 18.5 Å². The number of carbonyl (C=O) groups excluding carboxylic acids is 1. The fraction of sp³-hybridized carbons (Fsp3) is 0.222. The van der Waals surface area contributed by atoms with Crippen molar-refractivity contribution in [2.45, 2.75) is 6.92 Å².